The zero-order valence-corrected chi connectivity index (χ0v) is 15.2. The summed E-state index contributed by atoms with van der Waals surface area (Å²) in [7, 11) is 0. The molecule has 3 N–H and O–H groups in total. The van der Waals surface area contributed by atoms with E-state index in [9.17, 15) is 5.26 Å². The van der Waals surface area contributed by atoms with E-state index in [1.165, 1.54) is 0 Å². The van der Waals surface area contributed by atoms with Crippen LogP contribution in [0.1, 0.15) is 17.0 Å². The van der Waals surface area contributed by atoms with Gasteiger partial charge in [-0.1, -0.05) is 23.7 Å². The number of nitrogens with zero attached hydrogens (tertiary/aromatic N) is 2. The lowest BCUT2D eigenvalue weighted by molar-refractivity contribution is 0.174. The average Bonchev–Trinajstić information content (AvgIpc) is 3.33. The fourth-order valence-electron chi connectivity index (χ4n) is 3.51. The van der Waals surface area contributed by atoms with Crippen molar-refractivity contribution >= 4 is 11.6 Å². The lowest BCUT2D eigenvalue weighted by Crippen LogP contribution is -2.20. The largest absolute Gasteiger partial charge is 0.454 e. The Morgan fingerprint density at radius 3 is 2.71 bits per heavy atom. The highest BCUT2D eigenvalue weighted by Gasteiger charge is 2.35. The van der Waals surface area contributed by atoms with Gasteiger partial charge in [-0.3, -0.25) is 5.10 Å². The van der Waals surface area contributed by atoms with Crippen LogP contribution in [0.15, 0.2) is 53.9 Å². The van der Waals surface area contributed by atoms with Crippen LogP contribution in [0.4, 0.5) is 0 Å². The van der Waals surface area contributed by atoms with Gasteiger partial charge in [0.1, 0.15) is 11.6 Å². The van der Waals surface area contributed by atoms with Crippen LogP contribution in [0.5, 0.6) is 17.4 Å². The van der Waals surface area contributed by atoms with Gasteiger partial charge >= 0.3 is 0 Å². The molecule has 2 aliphatic heterocycles. The number of aromatic nitrogens is 2. The first-order valence-electron chi connectivity index (χ1n) is 8.47. The van der Waals surface area contributed by atoms with Gasteiger partial charge in [0.15, 0.2) is 11.5 Å². The Kier molecular flexibility index (Phi) is 3.67. The highest BCUT2D eigenvalue weighted by molar-refractivity contribution is 6.30. The third-order valence-electron chi connectivity index (χ3n) is 4.80. The third kappa shape index (κ3) is 2.47. The zero-order valence-electron chi connectivity index (χ0n) is 14.4. The highest BCUT2D eigenvalue weighted by Crippen LogP contribution is 2.47. The van der Waals surface area contributed by atoms with E-state index in [-0.39, 0.29) is 12.7 Å². The Labute approximate surface area is 164 Å². The van der Waals surface area contributed by atoms with Crippen molar-refractivity contribution in [3.8, 4) is 34.7 Å². The van der Waals surface area contributed by atoms with Gasteiger partial charge in [-0.2, -0.15) is 5.26 Å². The predicted molar refractivity (Wildman–Crippen MR) is 101 cm³/mol. The molecule has 0 spiro atoms. The number of benzene rings is 2. The maximum atomic E-state index is 9.74. The predicted octanol–water partition coefficient (Wildman–Crippen LogP) is 3.68. The first-order valence-corrected chi connectivity index (χ1v) is 8.85. The monoisotopic (exact) mass is 392 g/mol. The minimum Gasteiger partial charge on any atom is -0.454 e. The molecule has 3 aromatic rings. The Morgan fingerprint density at radius 2 is 1.93 bits per heavy atom. The molecule has 0 radical (unpaired) electrons. The molecule has 3 heterocycles. The number of rotatable bonds is 2. The lowest BCUT2D eigenvalue weighted by atomic mass is 9.83. The SMILES string of the molecule is N#CC1=C(N)Oc2n[nH]c(-c3ccc4c(c3)OCO4)c2[C@H]1c1ccc(Cl)cc1. The van der Waals surface area contributed by atoms with Gasteiger partial charge < -0.3 is 19.9 Å². The maximum absolute atomic E-state index is 9.74. The van der Waals surface area contributed by atoms with Crippen LogP contribution in [0.2, 0.25) is 5.02 Å². The summed E-state index contributed by atoms with van der Waals surface area (Å²) in [5, 5.41) is 17.6. The molecule has 0 unspecified atom stereocenters. The van der Waals surface area contributed by atoms with E-state index in [0.29, 0.717) is 33.7 Å². The molecule has 0 bridgehead atoms. The molecule has 0 aliphatic carbocycles. The number of H-pyrrole nitrogens is 1. The van der Waals surface area contributed by atoms with E-state index in [2.05, 4.69) is 16.3 Å². The van der Waals surface area contributed by atoms with Crippen molar-refractivity contribution in [2.24, 2.45) is 5.73 Å². The molecular formula is C20H13ClN4O3. The molecule has 2 aliphatic rings. The molecule has 0 saturated heterocycles. The number of aromatic amines is 1. The fraction of sp³-hybridized carbons (Fsp3) is 0.100. The number of hydrogen-bond acceptors (Lipinski definition) is 6. The number of ether oxygens (including phenoxy) is 3. The molecule has 28 heavy (non-hydrogen) atoms. The zero-order chi connectivity index (χ0) is 19.3. The van der Waals surface area contributed by atoms with Gasteiger partial charge in [0.2, 0.25) is 18.6 Å². The first kappa shape index (κ1) is 16.5. The summed E-state index contributed by atoms with van der Waals surface area (Å²) in [6.45, 7) is 0.189. The second-order valence-electron chi connectivity index (χ2n) is 6.36. The average molecular weight is 393 g/mol. The molecule has 138 valence electrons. The van der Waals surface area contributed by atoms with Crippen molar-refractivity contribution in [3.05, 3.63) is 70.1 Å². The molecule has 0 saturated carbocycles. The molecule has 7 nitrogen and oxygen atoms in total. The second-order valence-corrected chi connectivity index (χ2v) is 6.80. The molecule has 0 fully saturated rings. The van der Waals surface area contributed by atoms with Gasteiger partial charge in [-0.05, 0) is 35.9 Å². The van der Waals surface area contributed by atoms with Crippen molar-refractivity contribution in [1.82, 2.24) is 10.2 Å². The number of nitrogens with two attached hydrogens (primary N) is 1. The van der Waals surface area contributed by atoms with Crippen molar-refractivity contribution in [1.29, 1.82) is 5.26 Å². The van der Waals surface area contributed by atoms with E-state index in [1.807, 2.05) is 30.3 Å². The number of hydrogen-bond donors (Lipinski definition) is 2. The number of nitrogens with one attached hydrogen (secondary N) is 1. The van der Waals surface area contributed by atoms with Gasteiger partial charge in [0, 0.05) is 10.6 Å². The standard InChI is InChI=1S/C20H13ClN4O3/c21-12-4-1-10(2-5-12)16-13(8-22)19(23)28-20-17(16)18(24-25-20)11-3-6-14-15(7-11)27-9-26-14/h1-7,16H,9,23H2,(H,24,25)/t16-/m0/s1. The van der Waals surface area contributed by atoms with E-state index in [1.54, 1.807) is 12.1 Å². The summed E-state index contributed by atoms with van der Waals surface area (Å²) in [4.78, 5) is 0. The Morgan fingerprint density at radius 1 is 1.14 bits per heavy atom. The van der Waals surface area contributed by atoms with Crippen LogP contribution in [0.3, 0.4) is 0 Å². The summed E-state index contributed by atoms with van der Waals surface area (Å²) in [5.41, 5.74) is 9.45. The van der Waals surface area contributed by atoms with Crippen molar-refractivity contribution in [2.45, 2.75) is 5.92 Å². The Bertz CT molecular complexity index is 1160. The van der Waals surface area contributed by atoms with E-state index < -0.39 is 5.92 Å². The van der Waals surface area contributed by atoms with Crippen LogP contribution >= 0.6 is 11.6 Å². The molecule has 1 atom stereocenters. The topological polar surface area (TPSA) is 106 Å². The smallest absolute Gasteiger partial charge is 0.244 e. The summed E-state index contributed by atoms with van der Waals surface area (Å²) < 4.78 is 16.5. The van der Waals surface area contributed by atoms with Crippen molar-refractivity contribution < 1.29 is 14.2 Å². The lowest BCUT2D eigenvalue weighted by Gasteiger charge is -2.24. The third-order valence-corrected chi connectivity index (χ3v) is 5.06. The summed E-state index contributed by atoms with van der Waals surface area (Å²) in [5.74, 6) is 1.27. The van der Waals surface area contributed by atoms with E-state index in [4.69, 9.17) is 31.5 Å². The van der Waals surface area contributed by atoms with Crippen LogP contribution in [0, 0.1) is 11.3 Å². The molecule has 2 aromatic carbocycles. The van der Waals surface area contributed by atoms with E-state index >= 15 is 0 Å². The summed E-state index contributed by atoms with van der Waals surface area (Å²) in [6.07, 6.45) is 0. The van der Waals surface area contributed by atoms with Crippen LogP contribution in [-0.4, -0.2) is 17.0 Å². The first-order chi connectivity index (χ1) is 13.7. The summed E-state index contributed by atoms with van der Waals surface area (Å²) >= 11 is 6.04. The summed E-state index contributed by atoms with van der Waals surface area (Å²) in [6, 6.07) is 15.1. The molecule has 0 amide bonds. The molecular weight excluding hydrogens is 380 g/mol. The maximum Gasteiger partial charge on any atom is 0.244 e. The second kappa shape index (κ2) is 6.22. The minimum atomic E-state index is -0.440. The fourth-order valence-corrected chi connectivity index (χ4v) is 3.63. The van der Waals surface area contributed by atoms with Crippen molar-refractivity contribution in [2.75, 3.05) is 6.79 Å². The quantitative estimate of drug-likeness (QED) is 0.689. The Hall–Kier alpha value is -3.63. The molecule has 1 aromatic heterocycles. The number of allylic oxidation sites excluding steroid dienone is 1. The Balaban J connectivity index is 1.70. The van der Waals surface area contributed by atoms with Crippen LogP contribution < -0.4 is 19.9 Å². The van der Waals surface area contributed by atoms with Gasteiger partial charge in [-0.25, -0.2) is 0 Å². The molecule has 8 heteroatoms. The number of nitriles is 1. The van der Waals surface area contributed by atoms with Gasteiger partial charge in [-0.15, -0.1) is 5.10 Å². The van der Waals surface area contributed by atoms with Crippen LogP contribution in [0.25, 0.3) is 11.3 Å². The van der Waals surface area contributed by atoms with E-state index in [0.717, 1.165) is 16.7 Å². The van der Waals surface area contributed by atoms with Crippen LogP contribution in [-0.2, 0) is 0 Å². The molecule has 5 rings (SSSR count). The van der Waals surface area contributed by atoms with Gasteiger partial charge in [0.25, 0.3) is 0 Å². The van der Waals surface area contributed by atoms with Crippen molar-refractivity contribution in [3.63, 3.8) is 0 Å². The minimum absolute atomic E-state index is 0.0405. The number of fused-ring (bicyclic) bond motifs is 2. The normalized spacial score (nSPS) is 17.1. The van der Waals surface area contributed by atoms with Gasteiger partial charge in [0.05, 0.1) is 17.2 Å². The highest BCUT2D eigenvalue weighted by atomic mass is 35.5. The number of halogens is 1.